The van der Waals surface area contributed by atoms with Crippen molar-refractivity contribution in [3.8, 4) is 0 Å². The monoisotopic (exact) mass is 253 g/mol. The first-order valence-electron chi connectivity index (χ1n) is 6.17. The Kier molecular flexibility index (Phi) is 4.04. The average molecular weight is 253 g/mol. The van der Waals surface area contributed by atoms with E-state index >= 15 is 0 Å². The van der Waals surface area contributed by atoms with Gasteiger partial charge in [0.15, 0.2) is 0 Å². The van der Waals surface area contributed by atoms with E-state index in [0.717, 1.165) is 25.3 Å². The van der Waals surface area contributed by atoms with E-state index in [9.17, 15) is 9.90 Å². The fourth-order valence-corrected chi connectivity index (χ4v) is 2.26. The zero-order valence-electron chi connectivity index (χ0n) is 10.8. The van der Waals surface area contributed by atoms with Crippen LogP contribution in [0.5, 0.6) is 0 Å². The van der Waals surface area contributed by atoms with Crippen molar-refractivity contribution in [1.29, 1.82) is 0 Å². The maximum Gasteiger partial charge on any atom is 0.373 e. The highest BCUT2D eigenvalue weighted by Crippen LogP contribution is 2.19. The Hall–Kier alpha value is -1.33. The molecule has 5 nitrogen and oxygen atoms in total. The third-order valence-corrected chi connectivity index (χ3v) is 3.37. The highest BCUT2D eigenvalue weighted by Gasteiger charge is 2.24. The number of aliphatic hydroxyl groups excluding tert-OH is 1. The van der Waals surface area contributed by atoms with Crippen molar-refractivity contribution in [3.63, 3.8) is 0 Å². The van der Waals surface area contributed by atoms with Gasteiger partial charge in [0.1, 0.15) is 5.76 Å². The second-order valence-electron chi connectivity index (χ2n) is 4.83. The number of furan rings is 1. The Balaban J connectivity index is 1.93. The molecule has 100 valence electrons. The molecule has 0 aromatic carbocycles. The van der Waals surface area contributed by atoms with Crippen molar-refractivity contribution >= 4 is 5.97 Å². The van der Waals surface area contributed by atoms with Crippen LogP contribution in [-0.2, 0) is 11.3 Å². The van der Waals surface area contributed by atoms with Gasteiger partial charge >= 0.3 is 5.97 Å². The molecule has 0 saturated carbocycles. The number of hydrogen-bond donors (Lipinski definition) is 1. The Morgan fingerprint density at radius 3 is 3.06 bits per heavy atom. The first-order chi connectivity index (χ1) is 8.60. The first kappa shape index (κ1) is 13.1. The minimum absolute atomic E-state index is 0.205. The highest BCUT2D eigenvalue weighted by molar-refractivity contribution is 5.86. The quantitative estimate of drug-likeness (QED) is 0.822. The number of likely N-dealkylation sites (tertiary alicyclic amines) is 1. The standard InChI is InChI=1S/C13H19NO4/c1-9-7-14(6-5-11(9)15)8-10-3-4-12(18-10)13(16)17-2/h3-4,9,11,15H,5-8H2,1-2H3. The lowest BCUT2D eigenvalue weighted by molar-refractivity contribution is 0.0292. The van der Waals surface area contributed by atoms with Crippen LogP contribution in [0.3, 0.4) is 0 Å². The topological polar surface area (TPSA) is 62.9 Å². The van der Waals surface area contributed by atoms with E-state index < -0.39 is 5.97 Å². The summed E-state index contributed by atoms with van der Waals surface area (Å²) >= 11 is 0. The SMILES string of the molecule is COC(=O)c1ccc(CN2CCC(O)C(C)C2)o1. The number of piperidine rings is 1. The second kappa shape index (κ2) is 5.54. The summed E-state index contributed by atoms with van der Waals surface area (Å²) < 4.78 is 10.0. The maximum absolute atomic E-state index is 11.3. The van der Waals surface area contributed by atoms with Gasteiger partial charge in [0.05, 0.1) is 19.8 Å². The predicted octanol–water partition coefficient (Wildman–Crippen LogP) is 1.27. The summed E-state index contributed by atoms with van der Waals surface area (Å²) in [5.74, 6) is 0.800. The fraction of sp³-hybridized carbons (Fsp3) is 0.615. The number of rotatable bonds is 3. The third kappa shape index (κ3) is 2.91. The van der Waals surface area contributed by atoms with Crippen LogP contribution in [0.1, 0.15) is 29.7 Å². The van der Waals surface area contributed by atoms with E-state index in [4.69, 9.17) is 4.42 Å². The smallest absolute Gasteiger partial charge is 0.373 e. The fourth-order valence-electron chi connectivity index (χ4n) is 2.26. The number of carbonyl (C=O) groups excluding carboxylic acids is 1. The second-order valence-corrected chi connectivity index (χ2v) is 4.83. The van der Waals surface area contributed by atoms with Crippen LogP contribution in [-0.4, -0.2) is 42.3 Å². The lowest BCUT2D eigenvalue weighted by atomic mass is 9.97. The Morgan fingerprint density at radius 2 is 2.39 bits per heavy atom. The number of methoxy groups -OCH3 is 1. The molecule has 1 aromatic rings. The Morgan fingerprint density at radius 1 is 1.61 bits per heavy atom. The molecule has 1 aromatic heterocycles. The number of hydrogen-bond acceptors (Lipinski definition) is 5. The van der Waals surface area contributed by atoms with Gasteiger partial charge in [-0.05, 0) is 24.5 Å². The Bertz CT molecular complexity index is 415. The molecule has 5 heteroatoms. The number of nitrogens with zero attached hydrogens (tertiary/aromatic N) is 1. The zero-order chi connectivity index (χ0) is 13.1. The molecule has 2 heterocycles. The molecule has 1 N–H and O–H groups in total. The van der Waals surface area contributed by atoms with Crippen molar-refractivity contribution in [1.82, 2.24) is 4.90 Å². The van der Waals surface area contributed by atoms with Crippen LogP contribution in [0.4, 0.5) is 0 Å². The molecule has 0 amide bonds. The molecule has 1 aliphatic rings. The van der Waals surface area contributed by atoms with E-state index in [1.165, 1.54) is 7.11 Å². The van der Waals surface area contributed by atoms with Gasteiger partial charge in [0, 0.05) is 13.1 Å². The molecule has 1 aliphatic heterocycles. The number of carbonyl (C=O) groups is 1. The van der Waals surface area contributed by atoms with Crippen LogP contribution >= 0.6 is 0 Å². The van der Waals surface area contributed by atoms with Crippen LogP contribution < -0.4 is 0 Å². The van der Waals surface area contributed by atoms with Gasteiger partial charge in [-0.3, -0.25) is 4.90 Å². The van der Waals surface area contributed by atoms with Crippen LogP contribution in [0.15, 0.2) is 16.5 Å². The molecule has 0 radical (unpaired) electrons. The molecule has 0 bridgehead atoms. The lowest BCUT2D eigenvalue weighted by Gasteiger charge is -2.33. The van der Waals surface area contributed by atoms with E-state index in [0.29, 0.717) is 6.54 Å². The molecular formula is C13H19NO4. The molecule has 2 unspecified atom stereocenters. The van der Waals surface area contributed by atoms with Gasteiger partial charge in [0.25, 0.3) is 0 Å². The van der Waals surface area contributed by atoms with Gasteiger partial charge in [-0.25, -0.2) is 4.79 Å². The molecular weight excluding hydrogens is 234 g/mol. The summed E-state index contributed by atoms with van der Waals surface area (Å²) in [5, 5.41) is 9.66. The predicted molar refractivity (Wildman–Crippen MR) is 65.1 cm³/mol. The molecule has 18 heavy (non-hydrogen) atoms. The van der Waals surface area contributed by atoms with Crippen LogP contribution in [0.25, 0.3) is 0 Å². The highest BCUT2D eigenvalue weighted by atomic mass is 16.5. The third-order valence-electron chi connectivity index (χ3n) is 3.37. The first-order valence-corrected chi connectivity index (χ1v) is 6.17. The largest absolute Gasteiger partial charge is 0.463 e. The van der Waals surface area contributed by atoms with Crippen molar-refractivity contribution in [2.75, 3.05) is 20.2 Å². The summed E-state index contributed by atoms with van der Waals surface area (Å²) in [6, 6.07) is 3.42. The minimum Gasteiger partial charge on any atom is -0.463 e. The zero-order valence-corrected chi connectivity index (χ0v) is 10.8. The molecule has 2 atom stereocenters. The van der Waals surface area contributed by atoms with Gasteiger partial charge in [-0.2, -0.15) is 0 Å². The summed E-state index contributed by atoms with van der Waals surface area (Å²) in [6.45, 7) is 4.39. The van der Waals surface area contributed by atoms with Gasteiger partial charge in [-0.1, -0.05) is 6.92 Å². The molecule has 0 spiro atoms. The normalized spacial score (nSPS) is 25.1. The van der Waals surface area contributed by atoms with E-state index in [1.54, 1.807) is 12.1 Å². The van der Waals surface area contributed by atoms with E-state index in [1.807, 2.05) is 6.92 Å². The summed E-state index contributed by atoms with van der Waals surface area (Å²) in [4.78, 5) is 13.5. The molecule has 1 saturated heterocycles. The summed E-state index contributed by atoms with van der Waals surface area (Å²) in [5.41, 5.74) is 0. The van der Waals surface area contributed by atoms with Crippen LogP contribution in [0, 0.1) is 5.92 Å². The number of aliphatic hydroxyl groups is 1. The van der Waals surface area contributed by atoms with Crippen molar-refractivity contribution in [3.05, 3.63) is 23.7 Å². The average Bonchev–Trinajstić information content (AvgIpc) is 2.81. The van der Waals surface area contributed by atoms with Gasteiger partial charge in [0.2, 0.25) is 5.76 Å². The van der Waals surface area contributed by atoms with Crippen LogP contribution in [0.2, 0.25) is 0 Å². The lowest BCUT2D eigenvalue weighted by Crippen LogP contribution is -2.41. The molecule has 0 aliphatic carbocycles. The maximum atomic E-state index is 11.3. The van der Waals surface area contributed by atoms with Crippen molar-refractivity contribution < 1.29 is 19.1 Å². The van der Waals surface area contributed by atoms with Crippen molar-refractivity contribution in [2.45, 2.75) is 26.0 Å². The Labute approximate surface area is 106 Å². The summed E-state index contributed by atoms with van der Waals surface area (Å²) in [6.07, 6.45) is 0.578. The van der Waals surface area contributed by atoms with E-state index in [-0.39, 0.29) is 17.8 Å². The van der Waals surface area contributed by atoms with Crippen molar-refractivity contribution in [2.24, 2.45) is 5.92 Å². The van der Waals surface area contributed by atoms with Gasteiger partial charge in [-0.15, -0.1) is 0 Å². The van der Waals surface area contributed by atoms with E-state index in [2.05, 4.69) is 9.64 Å². The minimum atomic E-state index is -0.455. The summed E-state index contributed by atoms with van der Waals surface area (Å²) in [7, 11) is 1.33. The van der Waals surface area contributed by atoms with Gasteiger partial charge < -0.3 is 14.3 Å². The molecule has 2 rings (SSSR count). The number of ether oxygens (including phenoxy) is 1. The molecule has 1 fully saturated rings. The number of esters is 1.